The van der Waals surface area contributed by atoms with Gasteiger partial charge in [0.1, 0.15) is 22.9 Å². The highest BCUT2D eigenvalue weighted by molar-refractivity contribution is 5.92. The molecule has 0 N–H and O–H groups in total. The van der Waals surface area contributed by atoms with Gasteiger partial charge in [-0.2, -0.15) is 0 Å². The summed E-state index contributed by atoms with van der Waals surface area (Å²) in [6.45, 7) is 6.09. The van der Waals surface area contributed by atoms with E-state index < -0.39 is 10.8 Å². The van der Waals surface area contributed by atoms with Gasteiger partial charge in [0.25, 0.3) is 5.91 Å². The van der Waals surface area contributed by atoms with E-state index in [0.29, 0.717) is 26.2 Å². The molecule has 2 aromatic rings. The number of rotatable bonds is 4. The van der Waals surface area contributed by atoms with Crippen molar-refractivity contribution in [2.75, 3.05) is 69.2 Å². The second kappa shape index (κ2) is 8.03. The SMILES string of the molecule is CN1CCN(c2cc(N3CCN(C(=O)c4ccc([N+](=O)[O-])o4)CC3)ncn2)CC1. The standard InChI is InChI=1S/C18H23N7O4/c1-21-4-6-22(7-5-21)15-12-16(20-13-19-15)23-8-10-24(11-9-23)18(26)14-2-3-17(29-14)25(27)28/h2-3,12-13H,4-11H2,1H3. The van der Waals surface area contributed by atoms with E-state index in [2.05, 4.69) is 31.7 Å². The minimum Gasteiger partial charge on any atom is -0.395 e. The van der Waals surface area contributed by atoms with Crippen LogP contribution in [0.4, 0.5) is 17.5 Å². The molecule has 0 unspecified atom stereocenters. The number of nitrogens with zero attached hydrogens (tertiary/aromatic N) is 7. The van der Waals surface area contributed by atoms with Gasteiger partial charge in [-0.3, -0.25) is 14.9 Å². The van der Waals surface area contributed by atoms with Gasteiger partial charge < -0.3 is 24.0 Å². The maximum Gasteiger partial charge on any atom is 0.433 e. The molecule has 4 rings (SSSR count). The van der Waals surface area contributed by atoms with Crippen molar-refractivity contribution in [1.82, 2.24) is 19.8 Å². The van der Waals surface area contributed by atoms with Crippen molar-refractivity contribution in [3.63, 3.8) is 0 Å². The highest BCUT2D eigenvalue weighted by Gasteiger charge is 2.27. The van der Waals surface area contributed by atoms with Gasteiger partial charge in [0.2, 0.25) is 0 Å². The van der Waals surface area contributed by atoms with Gasteiger partial charge in [-0.15, -0.1) is 0 Å². The highest BCUT2D eigenvalue weighted by atomic mass is 16.6. The molecule has 11 heteroatoms. The summed E-state index contributed by atoms with van der Waals surface area (Å²) >= 11 is 0. The minimum atomic E-state index is -0.651. The minimum absolute atomic E-state index is 0.00969. The van der Waals surface area contributed by atoms with Crippen molar-refractivity contribution in [1.29, 1.82) is 0 Å². The largest absolute Gasteiger partial charge is 0.433 e. The van der Waals surface area contributed by atoms with E-state index in [9.17, 15) is 14.9 Å². The van der Waals surface area contributed by atoms with E-state index in [1.165, 1.54) is 12.1 Å². The Morgan fingerprint density at radius 3 is 2.14 bits per heavy atom. The Bertz CT molecular complexity index is 886. The third kappa shape index (κ3) is 4.14. The zero-order valence-corrected chi connectivity index (χ0v) is 16.2. The molecule has 0 aromatic carbocycles. The van der Waals surface area contributed by atoms with Crippen LogP contribution in [0.3, 0.4) is 0 Å². The van der Waals surface area contributed by atoms with Crippen LogP contribution in [0.25, 0.3) is 0 Å². The Morgan fingerprint density at radius 1 is 1.00 bits per heavy atom. The van der Waals surface area contributed by atoms with Crippen molar-refractivity contribution in [3.05, 3.63) is 40.4 Å². The van der Waals surface area contributed by atoms with Crippen molar-refractivity contribution >= 4 is 23.4 Å². The Hall–Kier alpha value is -3.21. The van der Waals surface area contributed by atoms with Crippen LogP contribution in [-0.4, -0.2) is 90.0 Å². The van der Waals surface area contributed by atoms with Gasteiger partial charge in [0.15, 0.2) is 5.76 Å². The van der Waals surface area contributed by atoms with Gasteiger partial charge in [0, 0.05) is 58.4 Å². The lowest BCUT2D eigenvalue weighted by Gasteiger charge is -2.36. The maximum absolute atomic E-state index is 12.5. The van der Waals surface area contributed by atoms with Crippen LogP contribution >= 0.6 is 0 Å². The molecule has 0 spiro atoms. The summed E-state index contributed by atoms with van der Waals surface area (Å²) in [5.74, 6) is 0.992. The average Bonchev–Trinajstić information content (AvgIpc) is 3.25. The molecular weight excluding hydrogens is 378 g/mol. The monoisotopic (exact) mass is 401 g/mol. The number of hydrogen-bond acceptors (Lipinski definition) is 9. The first-order valence-electron chi connectivity index (χ1n) is 9.55. The molecule has 154 valence electrons. The quantitative estimate of drug-likeness (QED) is 0.539. The predicted molar refractivity (Wildman–Crippen MR) is 105 cm³/mol. The number of aromatic nitrogens is 2. The maximum atomic E-state index is 12.5. The average molecular weight is 401 g/mol. The zero-order valence-electron chi connectivity index (χ0n) is 16.2. The summed E-state index contributed by atoms with van der Waals surface area (Å²) in [7, 11) is 2.12. The Balaban J connectivity index is 1.37. The van der Waals surface area contributed by atoms with Crippen LogP contribution in [0, 0.1) is 10.1 Å². The molecule has 1 amide bonds. The van der Waals surface area contributed by atoms with Crippen LogP contribution < -0.4 is 9.80 Å². The van der Waals surface area contributed by atoms with Gasteiger partial charge in [0.05, 0.1) is 6.07 Å². The number of likely N-dealkylation sites (N-methyl/N-ethyl adjacent to an activating group) is 1. The Kier molecular flexibility index (Phi) is 5.30. The van der Waals surface area contributed by atoms with Crippen molar-refractivity contribution in [2.24, 2.45) is 0 Å². The second-order valence-corrected chi connectivity index (χ2v) is 7.20. The lowest BCUT2D eigenvalue weighted by molar-refractivity contribution is -0.402. The van der Waals surface area contributed by atoms with Crippen LogP contribution in [0.2, 0.25) is 0 Å². The summed E-state index contributed by atoms with van der Waals surface area (Å²) in [4.78, 5) is 39.7. The van der Waals surface area contributed by atoms with Crippen LogP contribution in [0.1, 0.15) is 10.6 Å². The smallest absolute Gasteiger partial charge is 0.395 e. The van der Waals surface area contributed by atoms with Gasteiger partial charge in [-0.25, -0.2) is 9.97 Å². The van der Waals surface area contributed by atoms with Crippen molar-refractivity contribution in [2.45, 2.75) is 0 Å². The number of piperazine rings is 2. The van der Waals surface area contributed by atoms with E-state index in [-0.39, 0.29) is 11.7 Å². The first-order valence-corrected chi connectivity index (χ1v) is 9.55. The number of nitro groups is 1. The first kappa shape index (κ1) is 19.1. The molecule has 0 radical (unpaired) electrons. The normalized spacial score (nSPS) is 18.2. The highest BCUT2D eigenvalue weighted by Crippen LogP contribution is 2.22. The van der Waals surface area contributed by atoms with Crippen LogP contribution in [-0.2, 0) is 0 Å². The zero-order chi connectivity index (χ0) is 20.4. The van der Waals surface area contributed by atoms with Crippen molar-refractivity contribution in [3.8, 4) is 0 Å². The third-order valence-corrected chi connectivity index (χ3v) is 5.34. The number of hydrogen-bond donors (Lipinski definition) is 0. The van der Waals surface area contributed by atoms with E-state index in [1.54, 1.807) is 11.2 Å². The fraction of sp³-hybridized carbons (Fsp3) is 0.500. The van der Waals surface area contributed by atoms with Gasteiger partial charge in [-0.1, -0.05) is 0 Å². The fourth-order valence-electron chi connectivity index (χ4n) is 3.55. The van der Waals surface area contributed by atoms with Gasteiger partial charge >= 0.3 is 5.88 Å². The summed E-state index contributed by atoms with van der Waals surface area (Å²) < 4.78 is 5.03. The molecule has 2 aromatic heterocycles. The van der Waals surface area contributed by atoms with Crippen LogP contribution in [0.15, 0.2) is 28.9 Å². The molecule has 2 aliphatic rings. The molecule has 0 saturated carbocycles. The molecule has 0 atom stereocenters. The molecule has 2 aliphatic heterocycles. The molecule has 11 nitrogen and oxygen atoms in total. The topological polar surface area (TPSA) is 112 Å². The second-order valence-electron chi connectivity index (χ2n) is 7.20. The molecule has 2 saturated heterocycles. The Morgan fingerprint density at radius 2 is 1.59 bits per heavy atom. The summed E-state index contributed by atoms with van der Waals surface area (Å²) in [6.07, 6.45) is 1.59. The number of furan rings is 1. The lowest BCUT2D eigenvalue weighted by atomic mass is 10.2. The summed E-state index contributed by atoms with van der Waals surface area (Å²) in [6, 6.07) is 4.54. The third-order valence-electron chi connectivity index (χ3n) is 5.34. The predicted octanol–water partition coefficient (Wildman–Crippen LogP) is 0.692. The molecular formula is C18H23N7O4. The summed E-state index contributed by atoms with van der Waals surface area (Å²) in [5, 5.41) is 10.7. The molecule has 2 fully saturated rings. The number of anilines is 2. The van der Waals surface area contributed by atoms with E-state index >= 15 is 0 Å². The molecule has 29 heavy (non-hydrogen) atoms. The van der Waals surface area contributed by atoms with E-state index in [1.807, 2.05) is 6.07 Å². The molecule has 4 heterocycles. The van der Waals surface area contributed by atoms with Crippen LogP contribution in [0.5, 0.6) is 0 Å². The number of carbonyl (C=O) groups excluding carboxylic acids is 1. The molecule has 0 bridgehead atoms. The van der Waals surface area contributed by atoms with Gasteiger partial charge in [-0.05, 0) is 13.1 Å². The fourth-order valence-corrected chi connectivity index (χ4v) is 3.55. The number of amides is 1. The Labute approximate surface area is 167 Å². The number of carbonyl (C=O) groups is 1. The first-order chi connectivity index (χ1) is 14.0. The lowest BCUT2D eigenvalue weighted by Crippen LogP contribution is -2.49. The van der Waals surface area contributed by atoms with Crippen molar-refractivity contribution < 1.29 is 14.1 Å². The van der Waals surface area contributed by atoms with E-state index in [0.717, 1.165) is 37.8 Å². The summed E-state index contributed by atoms with van der Waals surface area (Å²) in [5.41, 5.74) is 0. The molecule has 0 aliphatic carbocycles. The van der Waals surface area contributed by atoms with E-state index in [4.69, 9.17) is 4.42 Å².